The van der Waals surface area contributed by atoms with E-state index in [1.807, 2.05) is 0 Å². The second-order valence-electron chi connectivity index (χ2n) is 4.47. The number of H-pyrrole nitrogens is 1. The molecule has 1 aromatic heterocycles. The van der Waals surface area contributed by atoms with Crippen molar-refractivity contribution < 1.29 is 4.79 Å². The maximum atomic E-state index is 11.9. The average Bonchev–Trinajstić information content (AvgIpc) is 2.69. The van der Waals surface area contributed by atoms with Gasteiger partial charge in [-0.15, -0.1) is 0 Å². The van der Waals surface area contributed by atoms with Gasteiger partial charge in [0.15, 0.2) is 0 Å². The Morgan fingerprint density at radius 1 is 1.47 bits per heavy atom. The van der Waals surface area contributed by atoms with Gasteiger partial charge in [0.1, 0.15) is 0 Å². The average molecular weight is 236 g/mol. The largest absolute Gasteiger partial charge is 0.354 e. The van der Waals surface area contributed by atoms with E-state index in [2.05, 4.69) is 20.6 Å². The highest BCUT2D eigenvalue weighted by Gasteiger charge is 2.18. The predicted octanol–water partition coefficient (Wildman–Crippen LogP) is 0.601. The number of hydrogen-bond donors (Lipinski definition) is 3. The first kappa shape index (κ1) is 12.1. The van der Waals surface area contributed by atoms with Crippen LogP contribution in [0.3, 0.4) is 0 Å². The number of nitrogens with one attached hydrogen (secondary N) is 3. The summed E-state index contributed by atoms with van der Waals surface area (Å²) >= 11 is 0. The molecule has 1 aliphatic heterocycles. The zero-order valence-corrected chi connectivity index (χ0v) is 10.0. The van der Waals surface area contributed by atoms with Crippen molar-refractivity contribution in [2.24, 2.45) is 0 Å². The van der Waals surface area contributed by atoms with Crippen LogP contribution in [0.25, 0.3) is 0 Å². The third kappa shape index (κ3) is 3.85. The standard InChI is InChI=1S/C12H20N4O/c17-12(11-4-2-1-3-6-14-11)15-7-5-10-8-13-9-16-10/h8-9,11,14H,1-7H2,(H,13,16)(H,15,17). The molecule has 0 aromatic carbocycles. The number of aromatic nitrogens is 2. The molecule has 0 radical (unpaired) electrons. The Balaban J connectivity index is 1.69. The number of aromatic amines is 1. The van der Waals surface area contributed by atoms with E-state index in [9.17, 15) is 4.79 Å². The van der Waals surface area contributed by atoms with Gasteiger partial charge in [0.05, 0.1) is 12.4 Å². The number of imidazole rings is 1. The van der Waals surface area contributed by atoms with Gasteiger partial charge in [0.2, 0.25) is 5.91 Å². The van der Waals surface area contributed by atoms with Gasteiger partial charge < -0.3 is 15.6 Å². The summed E-state index contributed by atoms with van der Waals surface area (Å²) in [6, 6.07) is -0.000679. The molecule has 1 unspecified atom stereocenters. The molecule has 0 spiro atoms. The van der Waals surface area contributed by atoms with Gasteiger partial charge in [-0.2, -0.15) is 0 Å². The monoisotopic (exact) mass is 236 g/mol. The molecule has 1 amide bonds. The Morgan fingerprint density at radius 3 is 3.24 bits per heavy atom. The molecule has 5 heteroatoms. The Morgan fingerprint density at radius 2 is 2.41 bits per heavy atom. The minimum Gasteiger partial charge on any atom is -0.354 e. The molecule has 94 valence electrons. The summed E-state index contributed by atoms with van der Waals surface area (Å²) in [4.78, 5) is 18.8. The van der Waals surface area contributed by atoms with Gasteiger partial charge in [-0.05, 0) is 19.4 Å². The minimum atomic E-state index is -0.000679. The van der Waals surface area contributed by atoms with Crippen LogP contribution in [0.5, 0.6) is 0 Å². The molecule has 1 aromatic rings. The molecule has 1 saturated heterocycles. The first-order valence-electron chi connectivity index (χ1n) is 6.34. The molecular formula is C12H20N4O. The molecule has 2 heterocycles. The molecule has 0 saturated carbocycles. The second-order valence-corrected chi connectivity index (χ2v) is 4.47. The highest BCUT2D eigenvalue weighted by molar-refractivity contribution is 5.81. The molecule has 0 aliphatic carbocycles. The Bertz CT molecular complexity index is 328. The summed E-state index contributed by atoms with van der Waals surface area (Å²) in [6.07, 6.45) is 8.75. The molecule has 5 nitrogen and oxygen atoms in total. The van der Waals surface area contributed by atoms with E-state index in [-0.39, 0.29) is 11.9 Å². The summed E-state index contributed by atoms with van der Waals surface area (Å²) in [5, 5.41) is 6.26. The first-order valence-corrected chi connectivity index (χ1v) is 6.34. The summed E-state index contributed by atoms with van der Waals surface area (Å²) in [5.74, 6) is 0.131. The van der Waals surface area contributed by atoms with Gasteiger partial charge in [-0.1, -0.05) is 12.8 Å². The number of amides is 1. The first-order chi connectivity index (χ1) is 8.36. The maximum Gasteiger partial charge on any atom is 0.237 e. The third-order valence-corrected chi connectivity index (χ3v) is 3.13. The van der Waals surface area contributed by atoms with Crippen LogP contribution in [0.4, 0.5) is 0 Å². The third-order valence-electron chi connectivity index (χ3n) is 3.13. The van der Waals surface area contributed by atoms with Crippen LogP contribution in [0.15, 0.2) is 12.5 Å². The summed E-state index contributed by atoms with van der Waals surface area (Å²) in [7, 11) is 0. The molecule has 3 N–H and O–H groups in total. The Hall–Kier alpha value is -1.36. The van der Waals surface area contributed by atoms with E-state index in [4.69, 9.17) is 0 Å². The molecule has 2 rings (SSSR count). The van der Waals surface area contributed by atoms with Crippen molar-refractivity contribution in [2.45, 2.75) is 38.1 Å². The number of rotatable bonds is 4. The van der Waals surface area contributed by atoms with Gasteiger partial charge in [-0.3, -0.25) is 4.79 Å². The number of hydrogen-bond acceptors (Lipinski definition) is 3. The van der Waals surface area contributed by atoms with Crippen LogP contribution in [-0.4, -0.2) is 35.0 Å². The minimum absolute atomic E-state index is 0.000679. The second kappa shape index (κ2) is 6.39. The molecule has 0 bridgehead atoms. The van der Waals surface area contributed by atoms with E-state index in [1.165, 1.54) is 12.8 Å². The fourth-order valence-corrected chi connectivity index (χ4v) is 2.12. The van der Waals surface area contributed by atoms with Crippen molar-refractivity contribution in [3.8, 4) is 0 Å². The van der Waals surface area contributed by atoms with Crippen molar-refractivity contribution >= 4 is 5.91 Å². The van der Waals surface area contributed by atoms with Gasteiger partial charge in [0, 0.05) is 24.9 Å². The number of carbonyl (C=O) groups excluding carboxylic acids is 1. The van der Waals surface area contributed by atoms with E-state index in [1.54, 1.807) is 12.5 Å². The Labute approximate surface area is 101 Å². The van der Waals surface area contributed by atoms with Crippen LogP contribution >= 0.6 is 0 Å². The summed E-state index contributed by atoms with van der Waals surface area (Å²) in [6.45, 7) is 1.62. The lowest BCUT2D eigenvalue weighted by Gasteiger charge is -2.15. The lowest BCUT2D eigenvalue weighted by Crippen LogP contribution is -2.44. The molecule has 17 heavy (non-hydrogen) atoms. The van der Waals surface area contributed by atoms with Crippen LogP contribution in [0.2, 0.25) is 0 Å². The molecular weight excluding hydrogens is 216 g/mol. The zero-order chi connectivity index (χ0) is 11.9. The predicted molar refractivity (Wildman–Crippen MR) is 65.6 cm³/mol. The highest BCUT2D eigenvalue weighted by Crippen LogP contribution is 2.08. The van der Waals surface area contributed by atoms with Crippen molar-refractivity contribution in [3.05, 3.63) is 18.2 Å². The maximum absolute atomic E-state index is 11.9. The van der Waals surface area contributed by atoms with Gasteiger partial charge in [0.25, 0.3) is 0 Å². The Kier molecular flexibility index (Phi) is 4.55. The highest BCUT2D eigenvalue weighted by atomic mass is 16.2. The zero-order valence-electron chi connectivity index (χ0n) is 10.0. The van der Waals surface area contributed by atoms with Crippen molar-refractivity contribution in [1.82, 2.24) is 20.6 Å². The topological polar surface area (TPSA) is 69.8 Å². The smallest absolute Gasteiger partial charge is 0.237 e. The molecule has 1 fully saturated rings. The number of carbonyl (C=O) groups is 1. The van der Waals surface area contributed by atoms with Crippen molar-refractivity contribution in [1.29, 1.82) is 0 Å². The van der Waals surface area contributed by atoms with Crippen LogP contribution in [-0.2, 0) is 11.2 Å². The van der Waals surface area contributed by atoms with Gasteiger partial charge in [-0.25, -0.2) is 4.98 Å². The van der Waals surface area contributed by atoms with E-state index >= 15 is 0 Å². The van der Waals surface area contributed by atoms with E-state index in [0.29, 0.717) is 6.54 Å². The quantitative estimate of drug-likeness (QED) is 0.717. The molecule has 1 aliphatic rings. The summed E-state index contributed by atoms with van der Waals surface area (Å²) < 4.78 is 0. The lowest BCUT2D eigenvalue weighted by molar-refractivity contribution is -0.123. The van der Waals surface area contributed by atoms with Crippen LogP contribution < -0.4 is 10.6 Å². The normalized spacial score (nSPS) is 20.8. The van der Waals surface area contributed by atoms with Crippen molar-refractivity contribution in [2.75, 3.05) is 13.1 Å². The number of nitrogens with zero attached hydrogens (tertiary/aromatic N) is 1. The summed E-state index contributed by atoms with van der Waals surface area (Å²) in [5.41, 5.74) is 1.05. The van der Waals surface area contributed by atoms with E-state index < -0.39 is 0 Å². The van der Waals surface area contributed by atoms with Crippen LogP contribution in [0, 0.1) is 0 Å². The van der Waals surface area contributed by atoms with Crippen LogP contribution in [0.1, 0.15) is 31.4 Å². The van der Waals surface area contributed by atoms with Gasteiger partial charge >= 0.3 is 0 Å². The SMILES string of the molecule is O=C(NCCc1cnc[nH]1)C1CCCCCN1. The molecule has 1 atom stereocenters. The lowest BCUT2D eigenvalue weighted by atomic mass is 10.1. The fraction of sp³-hybridized carbons (Fsp3) is 0.667. The van der Waals surface area contributed by atoms with E-state index in [0.717, 1.165) is 31.5 Å². The fourth-order valence-electron chi connectivity index (χ4n) is 2.12. The van der Waals surface area contributed by atoms with Crippen molar-refractivity contribution in [3.63, 3.8) is 0 Å².